The number of ether oxygens (including phenoxy) is 2. The van der Waals surface area contributed by atoms with Crippen LogP contribution in [-0.4, -0.2) is 38.0 Å². The lowest BCUT2D eigenvalue weighted by Gasteiger charge is -2.33. The Morgan fingerprint density at radius 3 is 2.43 bits per heavy atom. The maximum absolute atomic E-state index is 13.0. The molecule has 1 unspecified atom stereocenters. The number of Topliss-reactive ketones (excluding diaryl/α,β-unsaturated/α-hetero) is 1. The van der Waals surface area contributed by atoms with E-state index in [1.807, 2.05) is 12.1 Å². The summed E-state index contributed by atoms with van der Waals surface area (Å²) >= 11 is 0. The lowest BCUT2D eigenvalue weighted by atomic mass is 9.85. The average molecular weight is 409 g/mol. The molecule has 1 aliphatic carbocycles. The summed E-state index contributed by atoms with van der Waals surface area (Å²) in [6.07, 6.45) is 4.11. The van der Waals surface area contributed by atoms with Crippen LogP contribution in [0.5, 0.6) is 11.5 Å². The van der Waals surface area contributed by atoms with Gasteiger partial charge in [0.1, 0.15) is 0 Å². The van der Waals surface area contributed by atoms with Gasteiger partial charge in [0, 0.05) is 24.6 Å². The van der Waals surface area contributed by atoms with Gasteiger partial charge in [0.2, 0.25) is 0 Å². The fourth-order valence-corrected chi connectivity index (χ4v) is 4.98. The second-order valence-corrected chi connectivity index (χ2v) is 8.61. The Morgan fingerprint density at radius 1 is 1.03 bits per heavy atom. The first-order chi connectivity index (χ1) is 14.6. The zero-order valence-electron chi connectivity index (χ0n) is 18.0. The van der Waals surface area contributed by atoms with Crippen molar-refractivity contribution in [3.63, 3.8) is 0 Å². The number of hydrogen-bond acceptors (Lipinski definition) is 5. The first-order valence-electron chi connectivity index (χ1n) is 10.9. The Bertz CT molecular complexity index is 903. The van der Waals surface area contributed by atoms with Crippen LogP contribution in [0.3, 0.4) is 0 Å². The summed E-state index contributed by atoms with van der Waals surface area (Å²) in [6.45, 7) is 3.75. The first-order valence-corrected chi connectivity index (χ1v) is 10.9. The lowest BCUT2D eigenvalue weighted by Crippen LogP contribution is -2.34. The highest BCUT2D eigenvalue weighted by atomic mass is 16.5. The van der Waals surface area contributed by atoms with Crippen molar-refractivity contribution in [3.8, 4) is 11.5 Å². The van der Waals surface area contributed by atoms with E-state index in [1.54, 1.807) is 14.2 Å². The monoisotopic (exact) mass is 408 g/mol. The molecule has 0 radical (unpaired) electrons. The molecule has 1 aliphatic heterocycles. The molecule has 0 spiro atoms. The van der Waals surface area contributed by atoms with Gasteiger partial charge < -0.3 is 15.2 Å². The molecule has 0 saturated carbocycles. The van der Waals surface area contributed by atoms with Crippen molar-refractivity contribution in [3.05, 3.63) is 58.7 Å². The van der Waals surface area contributed by atoms with Crippen LogP contribution in [0, 0.1) is 11.8 Å². The number of carbonyl (C=O) groups excluding carboxylic acids is 1. The molecule has 2 aromatic carbocycles. The van der Waals surface area contributed by atoms with Crippen LogP contribution < -0.4 is 15.2 Å². The third-order valence-corrected chi connectivity index (χ3v) is 6.67. The number of rotatable bonds is 7. The number of ketones is 1. The van der Waals surface area contributed by atoms with Crippen molar-refractivity contribution in [2.24, 2.45) is 17.6 Å². The third kappa shape index (κ3) is 4.37. The van der Waals surface area contributed by atoms with Crippen LogP contribution in [0.15, 0.2) is 36.4 Å². The Kier molecular flexibility index (Phi) is 6.40. The zero-order valence-corrected chi connectivity index (χ0v) is 18.0. The summed E-state index contributed by atoms with van der Waals surface area (Å²) in [4.78, 5) is 15.5. The minimum atomic E-state index is 0.0922. The van der Waals surface area contributed by atoms with Crippen LogP contribution in [0.4, 0.5) is 0 Å². The van der Waals surface area contributed by atoms with E-state index in [1.165, 1.54) is 11.1 Å². The number of nitrogens with zero attached hydrogens (tertiary/aromatic N) is 1. The Labute approximate surface area is 179 Å². The lowest BCUT2D eigenvalue weighted by molar-refractivity contribution is 0.0895. The van der Waals surface area contributed by atoms with Gasteiger partial charge in [-0.05, 0) is 73.5 Å². The summed E-state index contributed by atoms with van der Waals surface area (Å²) in [7, 11) is 3.25. The SMILES string of the molecule is COc1cc2c(cc1OC)C(=O)C(CC1CCN(Cc3cccc(CN)c3)CC1)C2. The van der Waals surface area contributed by atoms with Gasteiger partial charge in [-0.25, -0.2) is 0 Å². The van der Waals surface area contributed by atoms with E-state index in [2.05, 4.69) is 29.2 Å². The van der Waals surface area contributed by atoms with Gasteiger partial charge in [0.05, 0.1) is 14.2 Å². The van der Waals surface area contributed by atoms with E-state index in [0.29, 0.717) is 24.0 Å². The number of methoxy groups -OCH3 is 2. The zero-order chi connectivity index (χ0) is 21.1. The molecule has 5 nitrogen and oxygen atoms in total. The second kappa shape index (κ2) is 9.19. The summed E-state index contributed by atoms with van der Waals surface area (Å²) in [5.41, 5.74) is 10.2. The molecule has 2 aliphatic rings. The van der Waals surface area contributed by atoms with Crippen LogP contribution >= 0.6 is 0 Å². The molecule has 2 N–H and O–H groups in total. The van der Waals surface area contributed by atoms with Crippen molar-refractivity contribution in [1.82, 2.24) is 4.90 Å². The minimum absolute atomic E-state index is 0.0922. The molecule has 4 rings (SSSR count). The molecule has 1 fully saturated rings. The molecule has 0 aromatic heterocycles. The van der Waals surface area contributed by atoms with Crippen LogP contribution in [-0.2, 0) is 19.5 Å². The molecule has 1 atom stereocenters. The maximum Gasteiger partial charge on any atom is 0.166 e. The molecule has 30 heavy (non-hydrogen) atoms. The van der Waals surface area contributed by atoms with Gasteiger partial charge in [-0.3, -0.25) is 9.69 Å². The number of fused-ring (bicyclic) bond motifs is 1. The summed E-state index contributed by atoms with van der Waals surface area (Å²) in [6, 6.07) is 12.4. The highest BCUT2D eigenvalue weighted by molar-refractivity contribution is 6.02. The van der Waals surface area contributed by atoms with E-state index >= 15 is 0 Å². The van der Waals surface area contributed by atoms with Crippen molar-refractivity contribution in [2.45, 2.75) is 38.8 Å². The number of carbonyl (C=O) groups is 1. The maximum atomic E-state index is 13.0. The predicted octanol–water partition coefficient (Wildman–Crippen LogP) is 3.82. The number of nitrogens with two attached hydrogens (primary N) is 1. The normalized spacial score (nSPS) is 19.7. The summed E-state index contributed by atoms with van der Waals surface area (Å²) in [5.74, 6) is 2.32. The van der Waals surface area contributed by atoms with Crippen molar-refractivity contribution in [1.29, 1.82) is 0 Å². The molecule has 2 aromatic rings. The van der Waals surface area contributed by atoms with Gasteiger partial charge in [-0.2, -0.15) is 0 Å². The summed E-state index contributed by atoms with van der Waals surface area (Å²) in [5, 5.41) is 0. The van der Waals surface area contributed by atoms with Crippen molar-refractivity contribution in [2.75, 3.05) is 27.3 Å². The fraction of sp³-hybridized carbons (Fsp3) is 0.480. The van der Waals surface area contributed by atoms with E-state index < -0.39 is 0 Å². The number of likely N-dealkylation sites (tertiary alicyclic amines) is 1. The molecule has 0 amide bonds. The largest absolute Gasteiger partial charge is 0.493 e. The average Bonchev–Trinajstić information content (AvgIpc) is 3.08. The van der Waals surface area contributed by atoms with E-state index in [9.17, 15) is 4.79 Å². The van der Waals surface area contributed by atoms with Gasteiger partial charge >= 0.3 is 0 Å². The van der Waals surface area contributed by atoms with E-state index in [-0.39, 0.29) is 11.7 Å². The van der Waals surface area contributed by atoms with E-state index in [0.717, 1.165) is 56.4 Å². The van der Waals surface area contributed by atoms with E-state index in [4.69, 9.17) is 15.2 Å². The third-order valence-electron chi connectivity index (χ3n) is 6.67. The van der Waals surface area contributed by atoms with Crippen LogP contribution in [0.1, 0.15) is 46.3 Å². The van der Waals surface area contributed by atoms with Crippen molar-refractivity contribution < 1.29 is 14.3 Å². The predicted molar refractivity (Wildman–Crippen MR) is 118 cm³/mol. The van der Waals surface area contributed by atoms with Gasteiger partial charge in [0.15, 0.2) is 17.3 Å². The van der Waals surface area contributed by atoms with Gasteiger partial charge in [0.25, 0.3) is 0 Å². The Hall–Kier alpha value is -2.37. The quantitative estimate of drug-likeness (QED) is 0.755. The molecular formula is C25H32N2O3. The molecule has 5 heteroatoms. The second-order valence-electron chi connectivity index (χ2n) is 8.61. The standard InChI is InChI=1S/C25H32N2O3/c1-29-23-13-20-12-21(25(28)22(20)14-24(23)30-2)11-17-6-8-27(9-7-17)16-19-5-3-4-18(10-19)15-26/h3-5,10,13-14,17,21H,6-9,11-12,15-16,26H2,1-2H3. The molecule has 160 valence electrons. The number of hydrogen-bond donors (Lipinski definition) is 1. The minimum Gasteiger partial charge on any atom is -0.493 e. The molecular weight excluding hydrogens is 376 g/mol. The molecule has 1 heterocycles. The van der Waals surface area contributed by atoms with Crippen molar-refractivity contribution >= 4 is 5.78 Å². The van der Waals surface area contributed by atoms with Gasteiger partial charge in [-0.1, -0.05) is 24.3 Å². The topological polar surface area (TPSA) is 64.8 Å². The Balaban J connectivity index is 1.32. The highest BCUT2D eigenvalue weighted by Crippen LogP contribution is 2.39. The molecule has 1 saturated heterocycles. The van der Waals surface area contributed by atoms with Crippen LogP contribution in [0.25, 0.3) is 0 Å². The Morgan fingerprint density at radius 2 is 1.73 bits per heavy atom. The smallest absolute Gasteiger partial charge is 0.166 e. The fourth-order valence-electron chi connectivity index (χ4n) is 4.98. The number of benzene rings is 2. The van der Waals surface area contributed by atoms with Crippen LogP contribution in [0.2, 0.25) is 0 Å². The summed E-state index contributed by atoms with van der Waals surface area (Å²) < 4.78 is 10.8. The first kappa shape index (κ1) is 20.9. The van der Waals surface area contributed by atoms with Gasteiger partial charge in [-0.15, -0.1) is 0 Å². The number of piperidine rings is 1. The highest BCUT2D eigenvalue weighted by Gasteiger charge is 2.34. The molecule has 0 bridgehead atoms.